The Labute approximate surface area is 155 Å². The molecule has 1 unspecified atom stereocenters. The van der Waals surface area contributed by atoms with Crippen molar-refractivity contribution < 1.29 is 19.1 Å². The molecule has 1 saturated heterocycles. The zero-order chi connectivity index (χ0) is 19.1. The van der Waals surface area contributed by atoms with Crippen LogP contribution in [0.5, 0.6) is 11.5 Å². The van der Waals surface area contributed by atoms with Gasteiger partial charge in [-0.15, -0.1) is 0 Å². The van der Waals surface area contributed by atoms with Gasteiger partial charge in [0.1, 0.15) is 11.5 Å². The number of methoxy groups -OCH3 is 2. The fraction of sp³-hybridized carbons (Fsp3) is 0.579. The van der Waals surface area contributed by atoms with Crippen molar-refractivity contribution in [2.24, 2.45) is 5.92 Å². The highest BCUT2D eigenvalue weighted by molar-refractivity contribution is 5.88. The predicted octanol–water partition coefficient (Wildman–Crippen LogP) is 1.17. The highest BCUT2D eigenvalue weighted by atomic mass is 16.5. The number of hydrogen-bond acceptors (Lipinski definition) is 5. The van der Waals surface area contributed by atoms with E-state index in [0.29, 0.717) is 43.6 Å². The highest BCUT2D eigenvalue weighted by Gasteiger charge is 2.32. The Bertz CT molecular complexity index is 633. The van der Waals surface area contributed by atoms with Gasteiger partial charge in [-0.25, -0.2) is 0 Å². The molecule has 0 radical (unpaired) electrons. The molecule has 7 nitrogen and oxygen atoms in total. The van der Waals surface area contributed by atoms with Crippen LogP contribution in [0.25, 0.3) is 0 Å². The van der Waals surface area contributed by atoms with Gasteiger partial charge in [-0.3, -0.25) is 14.5 Å². The topological polar surface area (TPSA) is 79.9 Å². The second-order valence-corrected chi connectivity index (χ2v) is 6.86. The number of rotatable bonds is 8. The lowest BCUT2D eigenvalue weighted by Crippen LogP contribution is -2.56. The van der Waals surface area contributed by atoms with E-state index in [1.165, 1.54) is 0 Å². The Morgan fingerprint density at radius 1 is 1.35 bits per heavy atom. The second kappa shape index (κ2) is 9.43. The number of ether oxygens (including phenoxy) is 2. The number of piperazine rings is 1. The molecule has 1 atom stereocenters. The molecule has 2 amide bonds. The van der Waals surface area contributed by atoms with Gasteiger partial charge in [0.15, 0.2) is 0 Å². The molecule has 1 aliphatic heterocycles. The van der Waals surface area contributed by atoms with Crippen molar-refractivity contribution in [3.05, 3.63) is 23.8 Å². The average Bonchev–Trinajstić information content (AvgIpc) is 2.63. The number of nitrogens with zero attached hydrogens (tertiary/aromatic N) is 1. The van der Waals surface area contributed by atoms with Crippen molar-refractivity contribution in [1.29, 1.82) is 0 Å². The standard InChI is InChI=1S/C19H29N3O4/c1-13(2)11-21-18(23)10-16-19(24)20-7-8-22(16)12-14-5-6-15(25-3)9-17(14)26-4/h5-6,9,13,16H,7-8,10-12H2,1-4H3,(H,20,24)(H,21,23). The van der Waals surface area contributed by atoms with Crippen molar-refractivity contribution in [3.8, 4) is 11.5 Å². The summed E-state index contributed by atoms with van der Waals surface area (Å²) >= 11 is 0. The van der Waals surface area contributed by atoms with Gasteiger partial charge >= 0.3 is 0 Å². The van der Waals surface area contributed by atoms with Crippen LogP contribution < -0.4 is 20.1 Å². The average molecular weight is 363 g/mol. The van der Waals surface area contributed by atoms with E-state index >= 15 is 0 Å². The first kappa shape index (κ1) is 20.0. The number of nitrogens with one attached hydrogen (secondary N) is 2. The highest BCUT2D eigenvalue weighted by Crippen LogP contribution is 2.27. The third-order valence-corrected chi connectivity index (χ3v) is 4.40. The van der Waals surface area contributed by atoms with Gasteiger partial charge in [0, 0.05) is 37.8 Å². The molecule has 0 aromatic heterocycles. The van der Waals surface area contributed by atoms with E-state index in [1.807, 2.05) is 36.9 Å². The van der Waals surface area contributed by atoms with Crippen LogP contribution in [0.1, 0.15) is 25.8 Å². The monoisotopic (exact) mass is 363 g/mol. The van der Waals surface area contributed by atoms with Crippen molar-refractivity contribution in [2.45, 2.75) is 32.9 Å². The molecule has 2 rings (SSSR count). The molecular formula is C19H29N3O4. The molecule has 26 heavy (non-hydrogen) atoms. The van der Waals surface area contributed by atoms with Gasteiger partial charge in [-0.2, -0.15) is 0 Å². The molecule has 1 fully saturated rings. The summed E-state index contributed by atoms with van der Waals surface area (Å²) in [6.07, 6.45) is 0.150. The van der Waals surface area contributed by atoms with Gasteiger partial charge in [0.25, 0.3) is 0 Å². The fourth-order valence-electron chi connectivity index (χ4n) is 2.94. The fourth-order valence-corrected chi connectivity index (χ4v) is 2.94. The van der Waals surface area contributed by atoms with Crippen LogP contribution in [0.2, 0.25) is 0 Å². The lowest BCUT2D eigenvalue weighted by Gasteiger charge is -2.35. The summed E-state index contributed by atoms with van der Waals surface area (Å²) in [5.41, 5.74) is 0.954. The van der Waals surface area contributed by atoms with Gasteiger partial charge < -0.3 is 20.1 Å². The first-order valence-electron chi connectivity index (χ1n) is 8.94. The van der Waals surface area contributed by atoms with Crippen LogP contribution >= 0.6 is 0 Å². The van der Waals surface area contributed by atoms with Gasteiger partial charge in [-0.1, -0.05) is 19.9 Å². The van der Waals surface area contributed by atoms with E-state index in [-0.39, 0.29) is 18.2 Å². The number of carbonyl (C=O) groups excluding carboxylic acids is 2. The summed E-state index contributed by atoms with van der Waals surface area (Å²) in [5, 5.41) is 5.74. The quantitative estimate of drug-likeness (QED) is 0.725. The third-order valence-electron chi connectivity index (χ3n) is 4.40. The van der Waals surface area contributed by atoms with Crippen LogP contribution in [0.15, 0.2) is 18.2 Å². The van der Waals surface area contributed by atoms with Crippen LogP contribution in [0, 0.1) is 5.92 Å². The molecule has 7 heteroatoms. The van der Waals surface area contributed by atoms with E-state index in [0.717, 1.165) is 5.56 Å². The maximum atomic E-state index is 12.3. The molecule has 0 spiro atoms. The van der Waals surface area contributed by atoms with Crippen molar-refractivity contribution in [2.75, 3.05) is 33.9 Å². The lowest BCUT2D eigenvalue weighted by atomic mass is 10.1. The molecule has 1 aromatic carbocycles. The summed E-state index contributed by atoms with van der Waals surface area (Å²) in [4.78, 5) is 26.6. The molecule has 2 N–H and O–H groups in total. The smallest absolute Gasteiger partial charge is 0.237 e. The largest absolute Gasteiger partial charge is 0.497 e. The van der Waals surface area contributed by atoms with E-state index in [4.69, 9.17) is 9.47 Å². The Balaban J connectivity index is 2.10. The van der Waals surface area contributed by atoms with Crippen molar-refractivity contribution in [3.63, 3.8) is 0 Å². The number of carbonyl (C=O) groups is 2. The van der Waals surface area contributed by atoms with E-state index in [2.05, 4.69) is 10.6 Å². The van der Waals surface area contributed by atoms with Crippen LogP contribution in [-0.2, 0) is 16.1 Å². The van der Waals surface area contributed by atoms with E-state index in [1.54, 1.807) is 14.2 Å². The Morgan fingerprint density at radius 3 is 2.77 bits per heavy atom. The van der Waals surface area contributed by atoms with Crippen LogP contribution in [0.3, 0.4) is 0 Å². The number of hydrogen-bond donors (Lipinski definition) is 2. The number of amides is 2. The Morgan fingerprint density at radius 2 is 2.12 bits per heavy atom. The van der Waals surface area contributed by atoms with Gasteiger partial charge in [-0.05, 0) is 12.0 Å². The molecule has 144 valence electrons. The number of benzene rings is 1. The van der Waals surface area contributed by atoms with Crippen molar-refractivity contribution in [1.82, 2.24) is 15.5 Å². The summed E-state index contributed by atoms with van der Waals surface area (Å²) in [5.74, 6) is 1.58. The van der Waals surface area contributed by atoms with Crippen molar-refractivity contribution >= 4 is 11.8 Å². The van der Waals surface area contributed by atoms with Gasteiger partial charge in [0.05, 0.1) is 26.7 Å². The lowest BCUT2D eigenvalue weighted by molar-refractivity contribution is -0.134. The second-order valence-electron chi connectivity index (χ2n) is 6.86. The van der Waals surface area contributed by atoms with Crippen LogP contribution in [-0.4, -0.2) is 56.6 Å². The zero-order valence-electron chi connectivity index (χ0n) is 16.0. The summed E-state index contributed by atoms with van der Waals surface area (Å²) in [6.45, 7) is 6.47. The predicted molar refractivity (Wildman–Crippen MR) is 99.2 cm³/mol. The molecule has 1 aromatic rings. The third kappa shape index (κ3) is 5.36. The zero-order valence-corrected chi connectivity index (χ0v) is 16.0. The minimum absolute atomic E-state index is 0.104. The summed E-state index contributed by atoms with van der Waals surface area (Å²) in [7, 11) is 3.22. The molecule has 1 aliphatic rings. The molecule has 1 heterocycles. The molecular weight excluding hydrogens is 334 g/mol. The first-order chi connectivity index (χ1) is 12.4. The summed E-state index contributed by atoms with van der Waals surface area (Å²) in [6, 6.07) is 5.14. The van der Waals surface area contributed by atoms with Gasteiger partial charge in [0.2, 0.25) is 11.8 Å². The maximum Gasteiger partial charge on any atom is 0.237 e. The van der Waals surface area contributed by atoms with E-state index in [9.17, 15) is 9.59 Å². The molecule has 0 saturated carbocycles. The SMILES string of the molecule is COc1ccc(CN2CCNC(=O)C2CC(=O)NCC(C)C)c(OC)c1. The first-order valence-corrected chi connectivity index (χ1v) is 8.94. The molecule has 0 aliphatic carbocycles. The maximum absolute atomic E-state index is 12.3. The normalized spacial score (nSPS) is 17.7. The minimum atomic E-state index is -0.484. The van der Waals surface area contributed by atoms with Crippen LogP contribution in [0.4, 0.5) is 0 Å². The Kier molecular flexibility index (Phi) is 7.26. The molecule has 0 bridgehead atoms. The summed E-state index contributed by atoms with van der Waals surface area (Å²) < 4.78 is 10.7. The minimum Gasteiger partial charge on any atom is -0.497 e. The van der Waals surface area contributed by atoms with E-state index < -0.39 is 6.04 Å². The Hall–Kier alpha value is -2.28.